The second kappa shape index (κ2) is 9.41. The lowest BCUT2D eigenvalue weighted by Crippen LogP contribution is -2.45. The third kappa shape index (κ3) is 5.05. The molecule has 7 heteroatoms. The Labute approximate surface area is 178 Å². The maximum atomic E-state index is 12.9. The molecular weight excluding hydrogens is 406 g/mol. The molecule has 1 N–H and O–H groups in total. The molecule has 1 fully saturated rings. The van der Waals surface area contributed by atoms with Gasteiger partial charge in [-0.2, -0.15) is 0 Å². The monoisotopic (exact) mass is 423 g/mol. The molecule has 0 bridgehead atoms. The van der Waals surface area contributed by atoms with Gasteiger partial charge < -0.3 is 9.84 Å². The molecule has 2 aromatic carbocycles. The van der Waals surface area contributed by atoms with Crippen LogP contribution in [0.3, 0.4) is 0 Å². The Bertz CT molecular complexity index is 1040. The second-order valence-corrected chi connectivity index (χ2v) is 7.80. The van der Waals surface area contributed by atoms with Gasteiger partial charge in [0.25, 0.3) is 5.91 Å². The summed E-state index contributed by atoms with van der Waals surface area (Å²) in [6, 6.07) is 15.2. The summed E-state index contributed by atoms with van der Waals surface area (Å²) in [6.07, 6.45) is 4.37. The highest BCUT2D eigenvalue weighted by molar-refractivity contribution is 8.26. The van der Waals surface area contributed by atoms with Crippen LogP contribution in [0.1, 0.15) is 18.1 Å². The summed E-state index contributed by atoms with van der Waals surface area (Å²) in [4.78, 5) is 26.4. The van der Waals surface area contributed by atoms with E-state index in [0.29, 0.717) is 10.7 Å². The number of nitrogens with zero attached hydrogens (tertiary/aromatic N) is 1. The van der Waals surface area contributed by atoms with Crippen molar-refractivity contribution >= 4 is 46.3 Å². The largest absolute Gasteiger partial charge is 0.480 e. The SMILES string of the molecule is CC#COc1cccc(/C=C2\SC(=S)N([C@@H](Cc3ccccc3)C(=O)O)C2=O)c1. The van der Waals surface area contributed by atoms with Crippen molar-refractivity contribution < 1.29 is 19.4 Å². The van der Waals surface area contributed by atoms with Gasteiger partial charge in [0.15, 0.2) is 0 Å². The van der Waals surface area contributed by atoms with Gasteiger partial charge in [-0.25, -0.2) is 4.79 Å². The maximum Gasteiger partial charge on any atom is 0.327 e. The minimum atomic E-state index is -1.10. The lowest BCUT2D eigenvalue weighted by Gasteiger charge is -2.23. The van der Waals surface area contributed by atoms with E-state index in [1.807, 2.05) is 36.4 Å². The number of ether oxygens (including phenoxy) is 1. The van der Waals surface area contributed by atoms with Crippen LogP contribution in [-0.2, 0) is 16.0 Å². The van der Waals surface area contributed by atoms with Crippen LogP contribution in [0, 0.1) is 12.0 Å². The van der Waals surface area contributed by atoms with Crippen molar-refractivity contribution in [3.8, 4) is 17.8 Å². The number of benzene rings is 2. The van der Waals surface area contributed by atoms with Crippen LogP contribution >= 0.6 is 24.0 Å². The number of carbonyl (C=O) groups is 2. The van der Waals surface area contributed by atoms with Crippen molar-refractivity contribution in [1.29, 1.82) is 0 Å². The van der Waals surface area contributed by atoms with E-state index in [1.165, 1.54) is 4.90 Å². The molecule has 1 aliphatic heterocycles. The third-order valence-electron chi connectivity index (χ3n) is 4.12. The number of hydrogen-bond donors (Lipinski definition) is 1. The number of carbonyl (C=O) groups excluding carboxylic acids is 1. The summed E-state index contributed by atoms with van der Waals surface area (Å²) in [5.74, 6) is 1.69. The van der Waals surface area contributed by atoms with Crippen LogP contribution in [0.5, 0.6) is 5.75 Å². The second-order valence-electron chi connectivity index (χ2n) is 6.12. The molecule has 0 aromatic heterocycles. The fourth-order valence-corrected chi connectivity index (χ4v) is 4.16. The van der Waals surface area contributed by atoms with Crippen LogP contribution < -0.4 is 4.74 Å². The zero-order valence-corrected chi connectivity index (χ0v) is 17.1. The van der Waals surface area contributed by atoms with Gasteiger partial charge in [0.05, 0.1) is 4.91 Å². The first kappa shape index (κ1) is 20.6. The lowest BCUT2D eigenvalue weighted by atomic mass is 10.0. The number of hydrogen-bond acceptors (Lipinski definition) is 5. The first-order valence-corrected chi connectivity index (χ1v) is 9.94. The van der Waals surface area contributed by atoms with Crippen LogP contribution in [0.4, 0.5) is 0 Å². The van der Waals surface area contributed by atoms with Crippen LogP contribution in [0.15, 0.2) is 59.5 Å². The van der Waals surface area contributed by atoms with Gasteiger partial charge in [0, 0.05) is 13.3 Å². The fourth-order valence-electron chi connectivity index (χ4n) is 2.80. The average Bonchev–Trinajstić information content (AvgIpc) is 2.98. The third-order valence-corrected chi connectivity index (χ3v) is 5.45. The number of thioether (sulfide) groups is 1. The number of thiocarbonyl (C=S) groups is 1. The molecular formula is C22H17NO4S2. The molecule has 1 heterocycles. The van der Waals surface area contributed by atoms with E-state index in [0.717, 1.165) is 22.9 Å². The molecule has 29 heavy (non-hydrogen) atoms. The van der Waals surface area contributed by atoms with E-state index in [-0.39, 0.29) is 10.7 Å². The van der Waals surface area contributed by atoms with E-state index < -0.39 is 17.9 Å². The summed E-state index contributed by atoms with van der Waals surface area (Å²) >= 11 is 6.42. The van der Waals surface area contributed by atoms with Crippen molar-refractivity contribution in [3.05, 3.63) is 70.6 Å². The molecule has 0 unspecified atom stereocenters. The minimum Gasteiger partial charge on any atom is -0.480 e. The Balaban J connectivity index is 1.85. The van der Waals surface area contributed by atoms with Crippen molar-refractivity contribution in [2.75, 3.05) is 0 Å². The van der Waals surface area contributed by atoms with Gasteiger partial charge in [-0.1, -0.05) is 72.4 Å². The molecule has 0 aliphatic carbocycles. The van der Waals surface area contributed by atoms with E-state index in [2.05, 4.69) is 12.0 Å². The van der Waals surface area contributed by atoms with Crippen molar-refractivity contribution in [3.63, 3.8) is 0 Å². The van der Waals surface area contributed by atoms with Gasteiger partial charge in [-0.05, 0) is 29.3 Å². The summed E-state index contributed by atoms with van der Waals surface area (Å²) in [5, 5.41) is 9.71. The number of carboxylic acid groups (broad SMARTS) is 1. The predicted molar refractivity (Wildman–Crippen MR) is 117 cm³/mol. The topological polar surface area (TPSA) is 66.8 Å². The standard InChI is InChI=1S/C22H17NO4S2/c1-2-11-27-17-10-6-9-16(12-17)14-19-20(24)23(22(28)29-19)18(21(25)26)13-15-7-4-3-5-8-15/h3-10,12,14,18H,13H2,1H3,(H,25,26)/b19-14-/t18-/m0/s1. The first-order valence-electron chi connectivity index (χ1n) is 8.72. The Morgan fingerprint density at radius 2 is 2.03 bits per heavy atom. The van der Waals surface area contributed by atoms with Gasteiger partial charge in [-0.15, -0.1) is 0 Å². The first-order chi connectivity index (χ1) is 14.0. The maximum absolute atomic E-state index is 12.9. The van der Waals surface area contributed by atoms with E-state index in [1.54, 1.807) is 31.2 Å². The normalized spacial score (nSPS) is 15.8. The summed E-state index contributed by atoms with van der Waals surface area (Å²) in [6.45, 7) is 1.67. The predicted octanol–water partition coefficient (Wildman–Crippen LogP) is 3.94. The van der Waals surface area contributed by atoms with Crippen LogP contribution in [-0.4, -0.2) is 32.2 Å². The lowest BCUT2D eigenvalue weighted by molar-refractivity contribution is -0.145. The van der Waals surface area contributed by atoms with Gasteiger partial charge in [0.1, 0.15) is 22.2 Å². The van der Waals surface area contributed by atoms with E-state index in [9.17, 15) is 14.7 Å². The fraction of sp³-hybridized carbons (Fsp3) is 0.136. The highest BCUT2D eigenvalue weighted by Crippen LogP contribution is 2.35. The molecule has 5 nitrogen and oxygen atoms in total. The summed E-state index contributed by atoms with van der Waals surface area (Å²) < 4.78 is 5.50. The Kier molecular flexibility index (Phi) is 6.70. The van der Waals surface area contributed by atoms with Crippen LogP contribution in [0.25, 0.3) is 6.08 Å². The zero-order chi connectivity index (χ0) is 20.8. The molecule has 1 aliphatic rings. The Morgan fingerprint density at radius 3 is 2.72 bits per heavy atom. The highest BCUT2D eigenvalue weighted by Gasteiger charge is 2.40. The highest BCUT2D eigenvalue weighted by atomic mass is 32.2. The Hall–Kier alpha value is -3.08. The van der Waals surface area contributed by atoms with Crippen molar-refractivity contribution in [2.45, 2.75) is 19.4 Å². The molecule has 0 radical (unpaired) electrons. The minimum absolute atomic E-state index is 0.176. The zero-order valence-electron chi connectivity index (χ0n) is 15.5. The number of amides is 1. The van der Waals surface area contributed by atoms with Gasteiger partial charge in [-0.3, -0.25) is 9.69 Å². The van der Waals surface area contributed by atoms with Crippen molar-refractivity contribution in [1.82, 2.24) is 4.90 Å². The molecule has 1 amide bonds. The van der Waals surface area contributed by atoms with E-state index in [4.69, 9.17) is 17.0 Å². The molecule has 1 atom stereocenters. The average molecular weight is 424 g/mol. The molecule has 0 spiro atoms. The molecule has 3 rings (SSSR count). The van der Waals surface area contributed by atoms with Crippen molar-refractivity contribution in [2.24, 2.45) is 0 Å². The summed E-state index contributed by atoms with van der Waals surface area (Å²) in [7, 11) is 0. The molecule has 1 saturated heterocycles. The molecule has 2 aromatic rings. The van der Waals surface area contributed by atoms with Gasteiger partial charge in [0.2, 0.25) is 0 Å². The molecule has 146 valence electrons. The number of carboxylic acids is 1. The Morgan fingerprint density at radius 1 is 1.28 bits per heavy atom. The number of rotatable bonds is 6. The number of aliphatic carboxylic acids is 1. The molecule has 0 saturated carbocycles. The quantitative estimate of drug-likeness (QED) is 0.431. The summed E-state index contributed by atoms with van der Waals surface area (Å²) in [5.41, 5.74) is 1.55. The van der Waals surface area contributed by atoms with Crippen LogP contribution in [0.2, 0.25) is 0 Å². The van der Waals surface area contributed by atoms with E-state index >= 15 is 0 Å². The van der Waals surface area contributed by atoms with Gasteiger partial charge >= 0.3 is 5.97 Å². The smallest absolute Gasteiger partial charge is 0.327 e.